The van der Waals surface area contributed by atoms with Gasteiger partial charge in [-0.15, -0.1) is 0 Å². The topological polar surface area (TPSA) is 56.1 Å². The minimum atomic E-state index is -2.92. The molecule has 0 saturated carbocycles. The summed E-state index contributed by atoms with van der Waals surface area (Å²) in [4.78, 5) is 16.2. The average Bonchev–Trinajstić information content (AvgIpc) is 3.19. The van der Waals surface area contributed by atoms with Crippen molar-refractivity contribution in [1.82, 2.24) is 14.9 Å². The summed E-state index contributed by atoms with van der Waals surface area (Å²) < 4.78 is 31.3. The summed E-state index contributed by atoms with van der Waals surface area (Å²) in [6.07, 6.45) is 8.06. The van der Waals surface area contributed by atoms with Gasteiger partial charge >= 0.3 is 6.61 Å². The minimum Gasteiger partial charge on any atom is -0.434 e. The minimum absolute atomic E-state index is 0.0206. The molecule has 0 atom stereocenters. The van der Waals surface area contributed by atoms with Crippen molar-refractivity contribution in [2.45, 2.75) is 19.7 Å². The van der Waals surface area contributed by atoms with Gasteiger partial charge in [-0.2, -0.15) is 8.78 Å². The third-order valence-electron chi connectivity index (χ3n) is 4.03. The number of nitrogens with one attached hydrogen (secondary N) is 1. The van der Waals surface area contributed by atoms with E-state index in [0.29, 0.717) is 18.7 Å². The number of hydrogen-bond donors (Lipinski definition) is 1. The van der Waals surface area contributed by atoms with Gasteiger partial charge < -0.3 is 14.6 Å². The van der Waals surface area contributed by atoms with Gasteiger partial charge in [0.05, 0.1) is 6.33 Å². The van der Waals surface area contributed by atoms with Crippen LogP contribution < -0.4 is 10.1 Å². The van der Waals surface area contributed by atoms with Crippen LogP contribution in [-0.2, 0) is 17.9 Å². The summed E-state index contributed by atoms with van der Waals surface area (Å²) in [6.45, 7) is -1.92. The number of para-hydroxylation sites is 1. The monoisotopic (exact) mass is 383 g/mol. The number of rotatable bonds is 8. The van der Waals surface area contributed by atoms with Crippen LogP contribution in [-0.4, -0.2) is 22.1 Å². The molecular formula is C21H19F2N3O2. The lowest BCUT2D eigenvalue weighted by Crippen LogP contribution is -2.21. The Kier molecular flexibility index (Phi) is 6.51. The van der Waals surface area contributed by atoms with E-state index < -0.39 is 6.61 Å². The van der Waals surface area contributed by atoms with Gasteiger partial charge in [0.1, 0.15) is 5.75 Å². The van der Waals surface area contributed by atoms with E-state index in [-0.39, 0.29) is 11.7 Å². The number of halogens is 2. The first-order chi connectivity index (χ1) is 13.6. The summed E-state index contributed by atoms with van der Waals surface area (Å²) in [7, 11) is 0. The summed E-state index contributed by atoms with van der Waals surface area (Å²) >= 11 is 0. The number of benzene rings is 2. The highest BCUT2D eigenvalue weighted by Crippen LogP contribution is 2.21. The van der Waals surface area contributed by atoms with Gasteiger partial charge in [0.25, 0.3) is 0 Å². The molecule has 0 aliphatic carbocycles. The van der Waals surface area contributed by atoms with Crippen molar-refractivity contribution >= 4 is 12.0 Å². The van der Waals surface area contributed by atoms with E-state index in [1.807, 2.05) is 35.0 Å². The molecular weight excluding hydrogens is 364 g/mol. The van der Waals surface area contributed by atoms with Crippen molar-refractivity contribution in [2.75, 3.05) is 0 Å². The molecule has 1 aromatic heterocycles. The molecule has 0 spiro atoms. The zero-order valence-electron chi connectivity index (χ0n) is 15.0. The van der Waals surface area contributed by atoms with E-state index in [9.17, 15) is 13.6 Å². The lowest BCUT2D eigenvalue weighted by Gasteiger charge is -2.10. The predicted octanol–water partition coefficient (Wildman–Crippen LogP) is 3.86. The Morgan fingerprint density at radius 2 is 1.89 bits per heavy atom. The molecule has 144 valence electrons. The standard InChI is InChI=1S/C21H19F2N3O2/c22-21(23)28-19-8-4-3-5-16(19)9-10-20(27)25-13-17-6-1-2-7-18(17)14-26-12-11-24-15-26/h1-12,15,21H,13-14H2,(H,25,27)/b10-9+. The fourth-order valence-electron chi connectivity index (χ4n) is 2.69. The van der Waals surface area contributed by atoms with Crippen molar-refractivity contribution in [3.63, 3.8) is 0 Å². The molecule has 0 aliphatic heterocycles. The molecule has 3 rings (SSSR count). The lowest BCUT2D eigenvalue weighted by molar-refractivity contribution is -0.116. The normalized spacial score (nSPS) is 11.1. The maximum atomic E-state index is 12.4. The molecule has 0 radical (unpaired) electrons. The number of carbonyl (C=O) groups is 1. The fraction of sp³-hybridized carbons (Fsp3) is 0.143. The molecule has 3 aromatic rings. The lowest BCUT2D eigenvalue weighted by atomic mass is 10.1. The zero-order valence-corrected chi connectivity index (χ0v) is 15.0. The molecule has 1 heterocycles. The zero-order chi connectivity index (χ0) is 19.8. The molecule has 0 aliphatic rings. The van der Waals surface area contributed by atoms with E-state index >= 15 is 0 Å². The molecule has 2 aromatic carbocycles. The maximum absolute atomic E-state index is 12.4. The molecule has 1 N–H and O–H groups in total. The smallest absolute Gasteiger partial charge is 0.387 e. The highest BCUT2D eigenvalue weighted by molar-refractivity contribution is 5.92. The molecule has 0 bridgehead atoms. The number of amides is 1. The molecule has 0 unspecified atom stereocenters. The Labute approximate surface area is 161 Å². The van der Waals surface area contributed by atoms with Crippen molar-refractivity contribution < 1.29 is 18.3 Å². The van der Waals surface area contributed by atoms with Crippen molar-refractivity contribution in [3.8, 4) is 5.75 Å². The van der Waals surface area contributed by atoms with E-state index in [4.69, 9.17) is 0 Å². The van der Waals surface area contributed by atoms with Gasteiger partial charge in [-0.1, -0.05) is 42.5 Å². The quantitative estimate of drug-likeness (QED) is 0.601. The van der Waals surface area contributed by atoms with E-state index in [1.165, 1.54) is 18.2 Å². The van der Waals surface area contributed by atoms with Crippen LogP contribution >= 0.6 is 0 Å². The first-order valence-electron chi connectivity index (χ1n) is 8.64. The van der Waals surface area contributed by atoms with Gasteiger partial charge in [0.15, 0.2) is 0 Å². The van der Waals surface area contributed by atoms with Crippen LogP contribution in [0.1, 0.15) is 16.7 Å². The van der Waals surface area contributed by atoms with Gasteiger partial charge in [0, 0.05) is 37.1 Å². The Morgan fingerprint density at radius 3 is 2.64 bits per heavy atom. The Morgan fingerprint density at radius 1 is 1.14 bits per heavy atom. The predicted molar refractivity (Wildman–Crippen MR) is 102 cm³/mol. The number of nitrogens with zero attached hydrogens (tertiary/aromatic N) is 2. The van der Waals surface area contributed by atoms with Crippen LogP contribution in [0.5, 0.6) is 5.75 Å². The third-order valence-corrected chi connectivity index (χ3v) is 4.03. The summed E-state index contributed by atoms with van der Waals surface area (Å²) in [5, 5.41) is 2.81. The first kappa shape index (κ1) is 19.3. The van der Waals surface area contributed by atoms with Crippen LogP contribution in [0, 0.1) is 0 Å². The summed E-state index contributed by atoms with van der Waals surface area (Å²) in [5.74, 6) is -0.309. The molecule has 0 fully saturated rings. The maximum Gasteiger partial charge on any atom is 0.387 e. The number of carbonyl (C=O) groups excluding carboxylic acids is 1. The number of imidazole rings is 1. The largest absolute Gasteiger partial charge is 0.434 e. The first-order valence-corrected chi connectivity index (χ1v) is 8.64. The van der Waals surface area contributed by atoms with Gasteiger partial charge in [-0.05, 0) is 23.3 Å². The highest BCUT2D eigenvalue weighted by Gasteiger charge is 2.08. The van der Waals surface area contributed by atoms with E-state index in [0.717, 1.165) is 11.1 Å². The highest BCUT2D eigenvalue weighted by atomic mass is 19.3. The summed E-state index contributed by atoms with van der Waals surface area (Å²) in [5.41, 5.74) is 2.46. The van der Waals surface area contributed by atoms with Crippen molar-refractivity contribution in [3.05, 3.63) is 90.0 Å². The third kappa shape index (κ3) is 5.51. The van der Waals surface area contributed by atoms with E-state index in [2.05, 4.69) is 15.0 Å². The van der Waals surface area contributed by atoms with Gasteiger partial charge in [-0.25, -0.2) is 4.98 Å². The number of ether oxygens (including phenoxy) is 1. The fourth-order valence-corrected chi connectivity index (χ4v) is 2.69. The second kappa shape index (κ2) is 9.45. The molecule has 5 nitrogen and oxygen atoms in total. The molecule has 0 saturated heterocycles. The van der Waals surface area contributed by atoms with E-state index in [1.54, 1.807) is 30.7 Å². The van der Waals surface area contributed by atoms with Crippen LogP contribution in [0.15, 0.2) is 73.3 Å². The van der Waals surface area contributed by atoms with Crippen molar-refractivity contribution in [2.24, 2.45) is 0 Å². The Balaban J connectivity index is 1.62. The molecule has 1 amide bonds. The molecule has 28 heavy (non-hydrogen) atoms. The van der Waals surface area contributed by atoms with Crippen LogP contribution in [0.25, 0.3) is 6.08 Å². The summed E-state index contributed by atoms with van der Waals surface area (Å²) in [6, 6.07) is 14.1. The van der Waals surface area contributed by atoms with Crippen LogP contribution in [0.4, 0.5) is 8.78 Å². The second-order valence-electron chi connectivity index (χ2n) is 5.97. The number of hydrogen-bond acceptors (Lipinski definition) is 3. The van der Waals surface area contributed by atoms with Crippen LogP contribution in [0.2, 0.25) is 0 Å². The average molecular weight is 383 g/mol. The Hall–Kier alpha value is -3.48. The number of alkyl halides is 2. The second-order valence-corrected chi connectivity index (χ2v) is 5.97. The van der Waals surface area contributed by atoms with Crippen LogP contribution in [0.3, 0.4) is 0 Å². The Bertz CT molecular complexity index is 940. The SMILES string of the molecule is O=C(/C=C/c1ccccc1OC(F)F)NCc1ccccc1Cn1ccnc1. The van der Waals surface area contributed by atoms with Gasteiger partial charge in [-0.3, -0.25) is 4.79 Å². The van der Waals surface area contributed by atoms with Crippen molar-refractivity contribution in [1.29, 1.82) is 0 Å². The molecule has 7 heteroatoms. The van der Waals surface area contributed by atoms with Gasteiger partial charge in [0.2, 0.25) is 5.91 Å². The number of aromatic nitrogens is 2.